The standard InChI is InChI=1S/C13H24N2O5S/c1-2-11(3-4-12(16)17)5-6-14-13(18)15-7-9-21(19,20)10-8-15/h11H,2-10H2,1H3,(H,14,18)(H,16,17). The maximum atomic E-state index is 11.9. The summed E-state index contributed by atoms with van der Waals surface area (Å²) in [7, 11) is -2.98. The van der Waals surface area contributed by atoms with Crippen molar-refractivity contribution in [3.8, 4) is 0 Å². The van der Waals surface area contributed by atoms with E-state index >= 15 is 0 Å². The Labute approximate surface area is 125 Å². The molecule has 1 fully saturated rings. The van der Waals surface area contributed by atoms with Crippen molar-refractivity contribution < 1.29 is 23.1 Å². The SMILES string of the molecule is CCC(CCNC(=O)N1CCS(=O)(=O)CC1)CCC(=O)O. The summed E-state index contributed by atoms with van der Waals surface area (Å²) >= 11 is 0. The number of nitrogens with one attached hydrogen (secondary N) is 1. The average Bonchev–Trinajstić information content (AvgIpc) is 2.42. The fourth-order valence-corrected chi connectivity index (χ4v) is 3.49. The molecule has 1 aliphatic rings. The maximum Gasteiger partial charge on any atom is 0.317 e. The van der Waals surface area contributed by atoms with E-state index in [0.29, 0.717) is 13.0 Å². The molecule has 0 aliphatic carbocycles. The minimum Gasteiger partial charge on any atom is -0.481 e. The molecule has 0 aromatic heterocycles. The molecule has 0 saturated carbocycles. The number of hydrogen-bond acceptors (Lipinski definition) is 4. The average molecular weight is 320 g/mol. The van der Waals surface area contributed by atoms with Gasteiger partial charge in [-0.15, -0.1) is 0 Å². The number of hydrogen-bond donors (Lipinski definition) is 2. The third-order valence-corrected chi connectivity index (χ3v) is 5.41. The Hall–Kier alpha value is -1.31. The first-order valence-corrected chi connectivity index (χ1v) is 9.11. The third-order valence-electron chi connectivity index (χ3n) is 3.80. The Balaban J connectivity index is 2.25. The highest BCUT2D eigenvalue weighted by Crippen LogP contribution is 2.14. The number of sulfone groups is 1. The van der Waals surface area contributed by atoms with Crippen molar-refractivity contribution in [3.63, 3.8) is 0 Å². The molecule has 1 unspecified atom stereocenters. The number of carbonyl (C=O) groups is 2. The molecule has 1 atom stereocenters. The molecule has 0 aromatic rings. The first kappa shape index (κ1) is 17.7. The summed E-state index contributed by atoms with van der Waals surface area (Å²) in [6.07, 6.45) is 2.38. The van der Waals surface area contributed by atoms with E-state index in [1.54, 1.807) is 0 Å². The zero-order valence-electron chi connectivity index (χ0n) is 12.4. The Morgan fingerprint density at radius 3 is 2.38 bits per heavy atom. The molecule has 21 heavy (non-hydrogen) atoms. The van der Waals surface area contributed by atoms with Crippen molar-refractivity contribution in [2.24, 2.45) is 5.92 Å². The van der Waals surface area contributed by atoms with E-state index in [0.717, 1.165) is 12.8 Å². The van der Waals surface area contributed by atoms with Crippen LogP contribution in [0.5, 0.6) is 0 Å². The van der Waals surface area contributed by atoms with E-state index in [9.17, 15) is 18.0 Å². The lowest BCUT2D eigenvalue weighted by Gasteiger charge is -2.27. The molecule has 8 heteroatoms. The van der Waals surface area contributed by atoms with E-state index in [4.69, 9.17) is 5.11 Å². The van der Waals surface area contributed by atoms with Gasteiger partial charge in [0.25, 0.3) is 0 Å². The molecule has 1 rings (SSSR count). The zero-order chi connectivity index (χ0) is 15.9. The van der Waals surface area contributed by atoms with Crippen LogP contribution in [-0.2, 0) is 14.6 Å². The van der Waals surface area contributed by atoms with Gasteiger partial charge in [0.1, 0.15) is 0 Å². The van der Waals surface area contributed by atoms with Crippen molar-refractivity contribution >= 4 is 21.8 Å². The molecule has 1 aliphatic heterocycles. The van der Waals surface area contributed by atoms with Crippen LogP contribution >= 0.6 is 0 Å². The number of carbonyl (C=O) groups excluding carboxylic acids is 1. The van der Waals surface area contributed by atoms with Gasteiger partial charge >= 0.3 is 12.0 Å². The van der Waals surface area contributed by atoms with Crippen molar-refractivity contribution in [1.82, 2.24) is 10.2 Å². The van der Waals surface area contributed by atoms with E-state index in [-0.39, 0.29) is 43.0 Å². The molecule has 0 radical (unpaired) electrons. The van der Waals surface area contributed by atoms with Crippen LogP contribution in [0.1, 0.15) is 32.6 Å². The number of amides is 2. The highest BCUT2D eigenvalue weighted by atomic mass is 32.2. The second-order valence-corrected chi connectivity index (χ2v) is 7.67. The van der Waals surface area contributed by atoms with Crippen LogP contribution in [0.25, 0.3) is 0 Å². The topological polar surface area (TPSA) is 104 Å². The molecular formula is C13H24N2O5S. The van der Waals surface area contributed by atoms with Crippen LogP contribution < -0.4 is 5.32 Å². The van der Waals surface area contributed by atoms with Crippen LogP contribution in [0.15, 0.2) is 0 Å². The van der Waals surface area contributed by atoms with Crippen LogP contribution in [0, 0.1) is 5.92 Å². The van der Waals surface area contributed by atoms with Gasteiger partial charge in [0.15, 0.2) is 9.84 Å². The number of urea groups is 1. The Morgan fingerprint density at radius 1 is 1.24 bits per heavy atom. The van der Waals surface area contributed by atoms with Gasteiger partial charge in [-0.1, -0.05) is 13.3 Å². The summed E-state index contributed by atoms with van der Waals surface area (Å²) in [5.74, 6) is -0.470. The Bertz CT molecular complexity index is 449. The second-order valence-electron chi connectivity index (χ2n) is 5.37. The zero-order valence-corrected chi connectivity index (χ0v) is 13.2. The van der Waals surface area contributed by atoms with Gasteiger partial charge in [0.05, 0.1) is 11.5 Å². The van der Waals surface area contributed by atoms with Crippen LogP contribution in [-0.4, -0.2) is 61.6 Å². The summed E-state index contributed by atoms with van der Waals surface area (Å²) < 4.78 is 22.6. The molecule has 7 nitrogen and oxygen atoms in total. The van der Waals surface area contributed by atoms with Gasteiger partial charge in [-0.3, -0.25) is 4.79 Å². The first-order chi connectivity index (χ1) is 9.84. The van der Waals surface area contributed by atoms with Crippen molar-refractivity contribution in [2.75, 3.05) is 31.1 Å². The number of rotatable bonds is 7. The number of nitrogens with zero attached hydrogens (tertiary/aromatic N) is 1. The smallest absolute Gasteiger partial charge is 0.317 e. The van der Waals surface area contributed by atoms with Gasteiger partial charge < -0.3 is 15.3 Å². The lowest BCUT2D eigenvalue weighted by molar-refractivity contribution is -0.137. The summed E-state index contributed by atoms with van der Waals surface area (Å²) in [5.41, 5.74) is 0. The Morgan fingerprint density at radius 2 is 1.86 bits per heavy atom. The van der Waals surface area contributed by atoms with Gasteiger partial charge in [-0.05, 0) is 18.8 Å². The van der Waals surface area contributed by atoms with Crippen LogP contribution in [0.4, 0.5) is 4.79 Å². The van der Waals surface area contributed by atoms with Gasteiger partial charge in [-0.2, -0.15) is 0 Å². The summed E-state index contributed by atoms with van der Waals surface area (Å²) in [6, 6.07) is -0.238. The number of carboxylic acid groups (broad SMARTS) is 1. The minimum absolute atomic E-state index is 0.0244. The second kappa shape index (κ2) is 8.21. The van der Waals surface area contributed by atoms with Gasteiger partial charge in [0, 0.05) is 26.1 Å². The lowest BCUT2D eigenvalue weighted by atomic mass is 9.97. The van der Waals surface area contributed by atoms with Crippen LogP contribution in [0.2, 0.25) is 0 Å². The number of carboxylic acids is 1. The van der Waals surface area contributed by atoms with Crippen molar-refractivity contribution in [2.45, 2.75) is 32.6 Å². The fraction of sp³-hybridized carbons (Fsp3) is 0.846. The molecular weight excluding hydrogens is 296 g/mol. The van der Waals surface area contributed by atoms with E-state index < -0.39 is 15.8 Å². The molecule has 0 aromatic carbocycles. The molecule has 0 bridgehead atoms. The Kier molecular flexibility index (Phi) is 6.94. The summed E-state index contributed by atoms with van der Waals surface area (Å²) in [6.45, 7) is 2.97. The monoisotopic (exact) mass is 320 g/mol. The van der Waals surface area contributed by atoms with Gasteiger partial charge in [0.2, 0.25) is 0 Å². The summed E-state index contributed by atoms with van der Waals surface area (Å²) in [4.78, 5) is 23.9. The molecule has 122 valence electrons. The lowest BCUT2D eigenvalue weighted by Crippen LogP contribution is -2.48. The summed E-state index contributed by atoms with van der Waals surface area (Å²) in [5, 5.41) is 11.4. The highest BCUT2D eigenvalue weighted by molar-refractivity contribution is 7.91. The molecule has 0 spiro atoms. The molecule has 2 N–H and O–H groups in total. The number of aliphatic carboxylic acids is 1. The predicted molar refractivity (Wildman–Crippen MR) is 78.9 cm³/mol. The largest absolute Gasteiger partial charge is 0.481 e. The molecule has 2 amide bonds. The first-order valence-electron chi connectivity index (χ1n) is 7.29. The minimum atomic E-state index is -2.98. The normalized spacial score (nSPS) is 19.0. The predicted octanol–water partition coefficient (Wildman–Crippen LogP) is 0.708. The highest BCUT2D eigenvalue weighted by Gasteiger charge is 2.24. The van der Waals surface area contributed by atoms with Gasteiger partial charge in [-0.25, -0.2) is 13.2 Å². The quantitative estimate of drug-likeness (QED) is 0.719. The fourth-order valence-electron chi connectivity index (χ4n) is 2.29. The maximum absolute atomic E-state index is 11.9. The van der Waals surface area contributed by atoms with E-state index in [1.165, 1.54) is 4.90 Å². The van der Waals surface area contributed by atoms with E-state index in [1.807, 2.05) is 6.92 Å². The van der Waals surface area contributed by atoms with Crippen molar-refractivity contribution in [3.05, 3.63) is 0 Å². The molecule has 1 saturated heterocycles. The van der Waals surface area contributed by atoms with E-state index in [2.05, 4.69) is 5.32 Å². The molecule has 1 heterocycles. The van der Waals surface area contributed by atoms with Crippen molar-refractivity contribution in [1.29, 1.82) is 0 Å². The third kappa shape index (κ3) is 6.79. The van der Waals surface area contributed by atoms with Crippen LogP contribution in [0.3, 0.4) is 0 Å².